The van der Waals surface area contributed by atoms with Crippen LogP contribution in [0.1, 0.15) is 40.9 Å². The first-order valence-electron chi connectivity index (χ1n) is 7.58. The van der Waals surface area contributed by atoms with Gasteiger partial charge in [0.1, 0.15) is 21.3 Å². The van der Waals surface area contributed by atoms with Crippen LogP contribution in [0.25, 0.3) is 10.2 Å². The molecule has 24 heavy (non-hydrogen) atoms. The molecule has 0 aliphatic carbocycles. The third-order valence-corrected chi connectivity index (χ3v) is 4.83. The smallest absolute Gasteiger partial charge is 0.348 e. The number of aryl methyl sites for hydroxylation is 2. The van der Waals surface area contributed by atoms with Crippen molar-refractivity contribution >= 4 is 39.0 Å². The van der Waals surface area contributed by atoms with Crippen LogP contribution in [0.2, 0.25) is 0 Å². The molecule has 0 saturated heterocycles. The third kappa shape index (κ3) is 2.84. The predicted molar refractivity (Wildman–Crippen MR) is 94.1 cm³/mol. The first-order chi connectivity index (χ1) is 11.4. The molecule has 0 aliphatic heterocycles. The minimum atomic E-state index is -0.355. The van der Waals surface area contributed by atoms with Crippen molar-refractivity contribution < 1.29 is 9.53 Å². The van der Waals surface area contributed by atoms with Gasteiger partial charge in [0.25, 0.3) is 0 Å². The van der Waals surface area contributed by atoms with Crippen molar-refractivity contribution in [3.8, 4) is 0 Å². The summed E-state index contributed by atoms with van der Waals surface area (Å²) in [5, 5.41) is 8.45. The van der Waals surface area contributed by atoms with Crippen LogP contribution in [-0.2, 0) is 4.74 Å². The number of methoxy groups -OCH3 is 1. The lowest BCUT2D eigenvalue weighted by atomic mass is 10.2. The summed E-state index contributed by atoms with van der Waals surface area (Å²) in [6.45, 7) is 7.84. The summed E-state index contributed by atoms with van der Waals surface area (Å²) in [5.74, 6) is 0.954. The van der Waals surface area contributed by atoms with Gasteiger partial charge in [0.15, 0.2) is 0 Å². The number of anilines is 2. The molecule has 3 rings (SSSR count). The summed E-state index contributed by atoms with van der Waals surface area (Å²) < 4.78 is 6.72. The van der Waals surface area contributed by atoms with Crippen LogP contribution >= 0.6 is 11.3 Å². The number of aromatic nitrogens is 4. The second-order valence-electron chi connectivity index (χ2n) is 5.78. The molecule has 0 aliphatic rings. The van der Waals surface area contributed by atoms with Crippen LogP contribution in [0.3, 0.4) is 0 Å². The monoisotopic (exact) mass is 345 g/mol. The van der Waals surface area contributed by atoms with Crippen molar-refractivity contribution in [3.05, 3.63) is 28.7 Å². The van der Waals surface area contributed by atoms with Crippen LogP contribution in [0.4, 0.5) is 11.5 Å². The molecule has 0 amide bonds. The summed E-state index contributed by atoms with van der Waals surface area (Å²) in [6, 6.07) is 0.279. The van der Waals surface area contributed by atoms with Crippen molar-refractivity contribution in [2.75, 3.05) is 12.4 Å². The fraction of sp³-hybridized carbons (Fsp3) is 0.375. The second-order valence-corrected chi connectivity index (χ2v) is 6.77. The topological polar surface area (TPSA) is 81.9 Å². The Morgan fingerprint density at radius 2 is 2.08 bits per heavy atom. The van der Waals surface area contributed by atoms with Crippen LogP contribution in [0.15, 0.2) is 12.4 Å². The van der Waals surface area contributed by atoms with Gasteiger partial charge in [-0.1, -0.05) is 0 Å². The molecule has 0 bridgehead atoms. The van der Waals surface area contributed by atoms with Crippen molar-refractivity contribution in [1.82, 2.24) is 19.7 Å². The van der Waals surface area contributed by atoms with E-state index in [0.717, 1.165) is 21.5 Å². The Morgan fingerprint density at radius 3 is 2.71 bits per heavy atom. The minimum Gasteiger partial charge on any atom is -0.465 e. The summed E-state index contributed by atoms with van der Waals surface area (Å²) in [5.41, 5.74) is 1.66. The molecule has 3 aromatic heterocycles. The lowest BCUT2D eigenvalue weighted by Crippen LogP contribution is -2.01. The number of nitrogens with zero attached hydrogens (tertiary/aromatic N) is 4. The van der Waals surface area contributed by atoms with Gasteiger partial charge in [-0.05, 0) is 33.3 Å². The van der Waals surface area contributed by atoms with Gasteiger partial charge in [-0.25, -0.2) is 14.8 Å². The van der Waals surface area contributed by atoms with E-state index in [4.69, 9.17) is 4.74 Å². The molecule has 0 unspecified atom stereocenters. The third-order valence-electron chi connectivity index (χ3n) is 3.67. The van der Waals surface area contributed by atoms with Gasteiger partial charge in [-0.3, -0.25) is 4.68 Å². The van der Waals surface area contributed by atoms with Gasteiger partial charge in [0, 0.05) is 12.2 Å². The molecular formula is C16H19N5O2S. The molecule has 7 nitrogen and oxygen atoms in total. The van der Waals surface area contributed by atoms with E-state index in [-0.39, 0.29) is 12.0 Å². The molecule has 0 aromatic carbocycles. The average molecular weight is 345 g/mol. The van der Waals surface area contributed by atoms with Gasteiger partial charge in [0.05, 0.1) is 24.4 Å². The van der Waals surface area contributed by atoms with E-state index >= 15 is 0 Å². The highest BCUT2D eigenvalue weighted by Crippen LogP contribution is 2.35. The normalized spacial score (nSPS) is 11.2. The van der Waals surface area contributed by atoms with Crippen LogP contribution in [0.5, 0.6) is 0 Å². The van der Waals surface area contributed by atoms with Gasteiger partial charge >= 0.3 is 5.97 Å². The van der Waals surface area contributed by atoms with Gasteiger partial charge < -0.3 is 10.1 Å². The van der Waals surface area contributed by atoms with Gasteiger partial charge in [0.2, 0.25) is 0 Å². The summed E-state index contributed by atoms with van der Waals surface area (Å²) in [6.07, 6.45) is 3.68. The zero-order valence-corrected chi connectivity index (χ0v) is 15.1. The minimum absolute atomic E-state index is 0.279. The highest BCUT2D eigenvalue weighted by Gasteiger charge is 2.20. The molecule has 0 atom stereocenters. The van der Waals surface area contributed by atoms with Crippen LogP contribution in [0, 0.1) is 13.8 Å². The van der Waals surface area contributed by atoms with E-state index in [9.17, 15) is 4.79 Å². The summed E-state index contributed by atoms with van der Waals surface area (Å²) in [4.78, 5) is 22.2. The average Bonchev–Trinajstić information content (AvgIpc) is 3.11. The Labute approximate surface area is 143 Å². The second kappa shape index (κ2) is 6.20. The molecule has 0 radical (unpaired) electrons. The predicted octanol–water partition coefficient (Wildman–Crippen LogP) is 3.62. The Kier molecular flexibility index (Phi) is 4.23. The van der Waals surface area contributed by atoms with E-state index in [2.05, 4.69) is 34.2 Å². The summed E-state index contributed by atoms with van der Waals surface area (Å²) in [7, 11) is 1.38. The fourth-order valence-corrected chi connectivity index (χ4v) is 3.59. The lowest BCUT2D eigenvalue weighted by Gasteiger charge is -2.07. The molecule has 0 fully saturated rings. The van der Waals surface area contributed by atoms with Crippen LogP contribution < -0.4 is 5.32 Å². The van der Waals surface area contributed by atoms with Crippen molar-refractivity contribution in [3.63, 3.8) is 0 Å². The highest BCUT2D eigenvalue weighted by molar-refractivity contribution is 7.20. The maximum atomic E-state index is 11.9. The van der Waals surface area contributed by atoms with E-state index < -0.39 is 0 Å². The summed E-state index contributed by atoms with van der Waals surface area (Å²) >= 11 is 1.32. The molecule has 1 N–H and O–H groups in total. The number of hydrogen-bond acceptors (Lipinski definition) is 7. The number of fused-ring (bicyclic) bond motifs is 1. The molecule has 3 heterocycles. The molecule has 0 spiro atoms. The highest BCUT2D eigenvalue weighted by atomic mass is 32.1. The zero-order valence-electron chi connectivity index (χ0n) is 14.2. The van der Waals surface area contributed by atoms with Crippen molar-refractivity contribution in [2.24, 2.45) is 0 Å². The molecule has 0 saturated carbocycles. The number of carbonyl (C=O) groups excluding carboxylic acids is 1. The van der Waals surface area contributed by atoms with Gasteiger partial charge in [-0.15, -0.1) is 11.3 Å². The molecule has 3 aromatic rings. The Balaban J connectivity index is 2.09. The van der Waals surface area contributed by atoms with Crippen molar-refractivity contribution in [2.45, 2.75) is 33.7 Å². The van der Waals surface area contributed by atoms with E-state index in [1.165, 1.54) is 18.4 Å². The standard InChI is InChI=1S/C16H19N5O2S/c1-8(2)21-7-11(6-17-21)20-14-12-9(3)13(16(22)23-5)24-15(12)19-10(4)18-14/h6-8H,1-5H3,(H,18,19,20). The van der Waals surface area contributed by atoms with E-state index in [1.807, 2.05) is 24.7 Å². The number of rotatable bonds is 4. The Bertz CT molecular complexity index is 913. The van der Waals surface area contributed by atoms with E-state index in [1.54, 1.807) is 6.20 Å². The number of esters is 1. The van der Waals surface area contributed by atoms with E-state index in [0.29, 0.717) is 16.5 Å². The zero-order chi connectivity index (χ0) is 17.4. The molecule has 8 heteroatoms. The Morgan fingerprint density at radius 1 is 1.33 bits per heavy atom. The quantitative estimate of drug-likeness (QED) is 0.727. The first kappa shape index (κ1) is 16.4. The first-order valence-corrected chi connectivity index (χ1v) is 8.39. The lowest BCUT2D eigenvalue weighted by molar-refractivity contribution is 0.0605. The largest absolute Gasteiger partial charge is 0.465 e. The Hall–Kier alpha value is -2.48. The van der Waals surface area contributed by atoms with Crippen LogP contribution in [-0.4, -0.2) is 32.8 Å². The fourth-order valence-electron chi connectivity index (χ4n) is 2.45. The maximum Gasteiger partial charge on any atom is 0.348 e. The molecule has 126 valence electrons. The number of hydrogen-bond donors (Lipinski definition) is 1. The van der Waals surface area contributed by atoms with Crippen molar-refractivity contribution in [1.29, 1.82) is 0 Å². The number of thiophene rings is 1. The number of ether oxygens (including phenoxy) is 1. The SMILES string of the molecule is COC(=O)c1sc2nc(C)nc(Nc3cnn(C(C)C)c3)c2c1C. The number of carbonyl (C=O) groups is 1. The molecular weight excluding hydrogens is 326 g/mol. The maximum absolute atomic E-state index is 11.9. The van der Waals surface area contributed by atoms with Gasteiger partial charge in [-0.2, -0.15) is 5.10 Å². The number of nitrogens with one attached hydrogen (secondary N) is 1.